The Bertz CT molecular complexity index is 1200. The molecule has 0 saturated carbocycles. The van der Waals surface area contributed by atoms with E-state index in [2.05, 4.69) is 20.9 Å². The van der Waals surface area contributed by atoms with Crippen molar-refractivity contribution < 1.29 is 9.53 Å². The van der Waals surface area contributed by atoms with Crippen LogP contribution in [-0.4, -0.2) is 31.3 Å². The molecule has 0 radical (unpaired) electrons. The molecular weight excluding hydrogens is 475 g/mol. The second kappa shape index (κ2) is 8.10. The van der Waals surface area contributed by atoms with Gasteiger partial charge < -0.3 is 9.30 Å². The van der Waals surface area contributed by atoms with Crippen LogP contribution in [0.15, 0.2) is 32.5 Å². The Kier molecular flexibility index (Phi) is 5.97. The molecule has 1 aromatic carbocycles. The van der Waals surface area contributed by atoms with Crippen LogP contribution in [0.1, 0.15) is 12.5 Å². The standard InChI is InChI=1S/C17H15BrCl2N4O4/c1-3-28-12(25)8-23-14-13(22(2)16(18)21-14)15(26)24(17(23)27)7-9-4-5-10(19)11(20)6-9/h4-6H,3,7-8H2,1-2H3. The van der Waals surface area contributed by atoms with Crippen LogP contribution >= 0.6 is 39.1 Å². The van der Waals surface area contributed by atoms with Gasteiger partial charge in [-0.1, -0.05) is 29.3 Å². The second-order valence-corrected chi connectivity index (χ2v) is 7.45. The number of fused-ring (bicyclic) bond motifs is 1. The van der Waals surface area contributed by atoms with E-state index in [1.54, 1.807) is 32.2 Å². The Morgan fingerprint density at radius 3 is 2.57 bits per heavy atom. The molecule has 11 heteroatoms. The molecule has 0 spiro atoms. The second-order valence-electron chi connectivity index (χ2n) is 5.93. The lowest BCUT2D eigenvalue weighted by Crippen LogP contribution is -2.42. The van der Waals surface area contributed by atoms with Crippen LogP contribution in [0.5, 0.6) is 0 Å². The van der Waals surface area contributed by atoms with Crippen molar-refractivity contribution in [3.05, 3.63) is 59.4 Å². The van der Waals surface area contributed by atoms with E-state index in [9.17, 15) is 14.4 Å². The molecular formula is C17H15BrCl2N4O4. The maximum atomic E-state index is 13.0. The number of hydrogen-bond acceptors (Lipinski definition) is 5. The number of esters is 1. The van der Waals surface area contributed by atoms with Crippen LogP contribution in [0.3, 0.4) is 0 Å². The van der Waals surface area contributed by atoms with E-state index in [-0.39, 0.29) is 30.9 Å². The zero-order valence-electron chi connectivity index (χ0n) is 14.9. The summed E-state index contributed by atoms with van der Waals surface area (Å²) >= 11 is 15.2. The van der Waals surface area contributed by atoms with Gasteiger partial charge in [0.2, 0.25) is 0 Å². The minimum Gasteiger partial charge on any atom is -0.465 e. The molecule has 0 fully saturated rings. The molecule has 3 aromatic rings. The Hall–Kier alpha value is -2.10. The topological polar surface area (TPSA) is 88.1 Å². The molecule has 148 valence electrons. The van der Waals surface area contributed by atoms with Crippen molar-refractivity contribution in [3.8, 4) is 0 Å². The van der Waals surface area contributed by atoms with Gasteiger partial charge in [0.15, 0.2) is 15.9 Å². The van der Waals surface area contributed by atoms with E-state index >= 15 is 0 Å². The number of carbonyl (C=O) groups excluding carboxylic acids is 1. The molecule has 0 aliphatic heterocycles. The number of benzene rings is 1. The molecule has 0 saturated heterocycles. The fourth-order valence-corrected chi connectivity index (χ4v) is 3.44. The number of imidazole rings is 1. The number of hydrogen-bond donors (Lipinski definition) is 0. The van der Waals surface area contributed by atoms with Gasteiger partial charge >= 0.3 is 11.7 Å². The zero-order chi connectivity index (χ0) is 20.6. The predicted octanol–water partition coefficient (Wildman–Crippen LogP) is 2.58. The Morgan fingerprint density at radius 2 is 1.93 bits per heavy atom. The molecule has 0 bridgehead atoms. The Labute approximate surface area is 177 Å². The lowest BCUT2D eigenvalue weighted by molar-refractivity contribution is -0.143. The summed E-state index contributed by atoms with van der Waals surface area (Å²) in [7, 11) is 1.63. The Balaban J connectivity index is 2.23. The SMILES string of the molecule is CCOC(=O)Cn1c(=O)n(Cc2ccc(Cl)c(Cl)c2)c(=O)c2c1nc(Br)n2C. The summed E-state index contributed by atoms with van der Waals surface area (Å²) in [6, 6.07) is 4.83. The first-order chi connectivity index (χ1) is 13.2. The van der Waals surface area contributed by atoms with Gasteiger partial charge in [-0.3, -0.25) is 18.7 Å². The fraction of sp³-hybridized carbons (Fsp3) is 0.294. The van der Waals surface area contributed by atoms with E-state index in [0.717, 1.165) is 9.13 Å². The Morgan fingerprint density at radius 1 is 1.21 bits per heavy atom. The molecule has 28 heavy (non-hydrogen) atoms. The summed E-state index contributed by atoms with van der Waals surface area (Å²) in [6.45, 7) is 1.43. The first-order valence-corrected chi connectivity index (χ1v) is 9.74. The summed E-state index contributed by atoms with van der Waals surface area (Å²) in [6.07, 6.45) is 0. The number of ether oxygens (including phenoxy) is 1. The van der Waals surface area contributed by atoms with Crippen molar-refractivity contribution in [2.45, 2.75) is 20.0 Å². The van der Waals surface area contributed by atoms with Crippen molar-refractivity contribution in [3.63, 3.8) is 0 Å². The lowest BCUT2D eigenvalue weighted by atomic mass is 10.2. The maximum Gasteiger partial charge on any atom is 0.333 e. The highest BCUT2D eigenvalue weighted by Crippen LogP contribution is 2.23. The van der Waals surface area contributed by atoms with Crippen LogP contribution in [0.25, 0.3) is 11.2 Å². The van der Waals surface area contributed by atoms with Crippen molar-refractivity contribution in [2.24, 2.45) is 7.05 Å². The lowest BCUT2D eigenvalue weighted by Gasteiger charge is -2.12. The quantitative estimate of drug-likeness (QED) is 0.406. The smallest absolute Gasteiger partial charge is 0.333 e. The number of rotatable bonds is 5. The van der Waals surface area contributed by atoms with Crippen LogP contribution in [-0.2, 0) is 29.7 Å². The molecule has 0 aliphatic rings. The molecule has 0 aliphatic carbocycles. The fourth-order valence-electron chi connectivity index (χ4n) is 2.77. The van der Waals surface area contributed by atoms with Crippen molar-refractivity contribution >= 4 is 56.3 Å². The molecule has 8 nitrogen and oxygen atoms in total. The van der Waals surface area contributed by atoms with E-state index in [4.69, 9.17) is 27.9 Å². The largest absolute Gasteiger partial charge is 0.465 e. The van der Waals surface area contributed by atoms with Crippen LogP contribution < -0.4 is 11.2 Å². The molecule has 2 aromatic heterocycles. The van der Waals surface area contributed by atoms with Gasteiger partial charge in [-0.15, -0.1) is 0 Å². The summed E-state index contributed by atoms with van der Waals surface area (Å²) in [5.41, 5.74) is -0.329. The minimum atomic E-state index is -0.678. The van der Waals surface area contributed by atoms with Crippen LogP contribution in [0.2, 0.25) is 10.0 Å². The van der Waals surface area contributed by atoms with Crippen LogP contribution in [0, 0.1) is 0 Å². The average Bonchev–Trinajstić information content (AvgIpc) is 2.94. The average molecular weight is 490 g/mol. The highest BCUT2D eigenvalue weighted by Gasteiger charge is 2.21. The van der Waals surface area contributed by atoms with Gasteiger partial charge in [0.25, 0.3) is 5.56 Å². The normalized spacial score (nSPS) is 11.2. The third kappa shape index (κ3) is 3.74. The number of halogens is 3. The molecule has 2 heterocycles. The van der Waals surface area contributed by atoms with Crippen molar-refractivity contribution in [2.75, 3.05) is 6.61 Å². The number of aromatic nitrogens is 4. The maximum absolute atomic E-state index is 13.0. The first-order valence-electron chi connectivity index (χ1n) is 8.19. The van der Waals surface area contributed by atoms with Gasteiger partial charge in [-0.05, 0) is 40.5 Å². The van der Waals surface area contributed by atoms with E-state index in [1.165, 1.54) is 4.57 Å². The molecule has 0 amide bonds. The van der Waals surface area contributed by atoms with Gasteiger partial charge in [0, 0.05) is 7.05 Å². The third-order valence-corrected chi connectivity index (χ3v) is 5.55. The monoisotopic (exact) mass is 488 g/mol. The van der Waals surface area contributed by atoms with Gasteiger partial charge in [0.05, 0.1) is 23.2 Å². The van der Waals surface area contributed by atoms with Crippen molar-refractivity contribution in [1.82, 2.24) is 18.7 Å². The van der Waals surface area contributed by atoms with Gasteiger partial charge in [-0.2, -0.15) is 0 Å². The van der Waals surface area contributed by atoms with Gasteiger partial charge in [-0.25, -0.2) is 9.78 Å². The highest BCUT2D eigenvalue weighted by atomic mass is 79.9. The van der Waals surface area contributed by atoms with Crippen molar-refractivity contribution in [1.29, 1.82) is 0 Å². The minimum absolute atomic E-state index is 0.0455. The van der Waals surface area contributed by atoms with E-state index in [1.807, 2.05) is 0 Å². The zero-order valence-corrected chi connectivity index (χ0v) is 18.0. The third-order valence-electron chi connectivity index (χ3n) is 4.10. The van der Waals surface area contributed by atoms with E-state index < -0.39 is 17.2 Å². The molecule has 0 N–H and O–H groups in total. The summed E-state index contributed by atoms with van der Waals surface area (Å²) in [5.74, 6) is -0.604. The first kappa shape index (κ1) is 20.6. The molecule has 3 rings (SSSR count). The molecule has 0 unspecified atom stereocenters. The number of carbonyl (C=O) groups is 1. The molecule has 0 atom stereocenters. The predicted molar refractivity (Wildman–Crippen MR) is 109 cm³/mol. The summed E-state index contributed by atoms with van der Waals surface area (Å²) in [5, 5.41) is 0.673. The van der Waals surface area contributed by atoms with Gasteiger partial charge in [0.1, 0.15) is 6.54 Å². The van der Waals surface area contributed by atoms with E-state index in [0.29, 0.717) is 20.3 Å². The summed E-state index contributed by atoms with van der Waals surface area (Å²) in [4.78, 5) is 42.2. The number of aryl methyl sites for hydroxylation is 1. The summed E-state index contributed by atoms with van der Waals surface area (Å²) < 4.78 is 8.94. The van der Waals surface area contributed by atoms with Crippen LogP contribution in [0.4, 0.5) is 0 Å². The highest BCUT2D eigenvalue weighted by molar-refractivity contribution is 9.10. The number of nitrogens with zero attached hydrogens (tertiary/aromatic N) is 4.